The summed E-state index contributed by atoms with van der Waals surface area (Å²) in [6, 6.07) is 6.08. The summed E-state index contributed by atoms with van der Waals surface area (Å²) in [7, 11) is 3.37. The second kappa shape index (κ2) is 10.3. The van der Waals surface area contributed by atoms with E-state index < -0.39 is 17.8 Å². The van der Waals surface area contributed by atoms with Gasteiger partial charge in [-0.25, -0.2) is 4.98 Å². The Morgan fingerprint density at radius 1 is 1.25 bits per heavy atom. The van der Waals surface area contributed by atoms with Gasteiger partial charge in [-0.15, -0.1) is 0 Å². The van der Waals surface area contributed by atoms with Crippen LogP contribution in [0.2, 0.25) is 0 Å². The Hall–Kier alpha value is -2.65. The number of aliphatic hydroxyl groups excluding tert-OH is 1. The molecule has 0 spiro atoms. The third-order valence-corrected chi connectivity index (χ3v) is 5.69. The molecule has 1 fully saturated rings. The highest BCUT2D eigenvalue weighted by Crippen LogP contribution is 2.34. The van der Waals surface area contributed by atoms with Gasteiger partial charge in [0.1, 0.15) is 5.82 Å². The van der Waals surface area contributed by atoms with Crippen molar-refractivity contribution >= 4 is 11.7 Å². The van der Waals surface area contributed by atoms with Crippen LogP contribution in [0.25, 0.3) is 11.1 Å². The van der Waals surface area contributed by atoms with Crippen LogP contribution in [-0.4, -0.2) is 55.5 Å². The van der Waals surface area contributed by atoms with Crippen molar-refractivity contribution in [2.24, 2.45) is 0 Å². The van der Waals surface area contributed by atoms with E-state index in [1.807, 2.05) is 4.90 Å². The quantitative estimate of drug-likeness (QED) is 0.668. The molecule has 0 aliphatic heterocycles. The van der Waals surface area contributed by atoms with Gasteiger partial charge in [-0.2, -0.15) is 13.2 Å². The maximum atomic E-state index is 13.0. The van der Waals surface area contributed by atoms with Crippen molar-refractivity contribution in [3.63, 3.8) is 0 Å². The lowest BCUT2D eigenvalue weighted by Gasteiger charge is -2.28. The number of hydrogen-bond donors (Lipinski definition) is 2. The van der Waals surface area contributed by atoms with Crippen molar-refractivity contribution < 1.29 is 27.8 Å². The Labute approximate surface area is 185 Å². The number of benzene rings is 1. The lowest BCUT2D eigenvalue weighted by atomic mass is 9.92. The topological polar surface area (TPSA) is 74.7 Å². The fraction of sp³-hybridized carbons (Fsp3) is 0.478. The van der Waals surface area contributed by atoms with Crippen molar-refractivity contribution in [3.05, 3.63) is 47.7 Å². The van der Waals surface area contributed by atoms with Gasteiger partial charge in [0.05, 0.1) is 29.9 Å². The first-order valence-electron chi connectivity index (χ1n) is 10.6. The summed E-state index contributed by atoms with van der Waals surface area (Å²) < 4.78 is 44.1. The van der Waals surface area contributed by atoms with Crippen LogP contribution in [0.5, 0.6) is 0 Å². The average molecular weight is 451 g/mol. The molecule has 6 nitrogen and oxygen atoms in total. The van der Waals surface area contributed by atoms with Crippen molar-refractivity contribution in [2.75, 3.05) is 32.2 Å². The molecule has 1 amide bonds. The van der Waals surface area contributed by atoms with Crippen LogP contribution in [0.1, 0.15) is 41.6 Å². The zero-order valence-corrected chi connectivity index (χ0v) is 18.2. The molecule has 1 aromatic carbocycles. The number of methoxy groups -OCH3 is 1. The molecule has 9 heteroatoms. The van der Waals surface area contributed by atoms with Gasteiger partial charge in [-0.1, -0.05) is 25.0 Å². The Kier molecular flexibility index (Phi) is 7.73. The molecular weight excluding hydrogens is 423 g/mol. The smallest absolute Gasteiger partial charge is 0.391 e. The monoisotopic (exact) mass is 451 g/mol. The van der Waals surface area contributed by atoms with Gasteiger partial charge in [0.15, 0.2) is 0 Å². The van der Waals surface area contributed by atoms with Crippen LogP contribution < -0.4 is 10.2 Å². The predicted molar refractivity (Wildman–Crippen MR) is 116 cm³/mol. The number of anilines is 1. The molecular formula is C23H28F3N3O3. The number of nitrogens with zero attached hydrogens (tertiary/aromatic N) is 2. The summed E-state index contributed by atoms with van der Waals surface area (Å²) >= 11 is 0. The fourth-order valence-electron chi connectivity index (χ4n) is 3.80. The number of rotatable bonds is 7. The molecule has 2 atom stereocenters. The molecule has 2 N–H and O–H groups in total. The summed E-state index contributed by atoms with van der Waals surface area (Å²) in [6.07, 6.45) is -0.383. The number of ether oxygens (including phenoxy) is 1. The highest BCUT2D eigenvalue weighted by molar-refractivity contribution is 5.96. The molecule has 0 radical (unpaired) electrons. The number of carbonyl (C=O) groups excluding carboxylic acids is 1. The van der Waals surface area contributed by atoms with E-state index in [1.165, 1.54) is 18.3 Å². The van der Waals surface area contributed by atoms with Gasteiger partial charge in [0.25, 0.3) is 5.91 Å². The van der Waals surface area contributed by atoms with E-state index >= 15 is 0 Å². The molecule has 1 aliphatic rings. The summed E-state index contributed by atoms with van der Waals surface area (Å²) in [5, 5.41) is 13.0. The number of likely N-dealkylation sites (N-methyl/N-ethyl adjacent to an activating group) is 1. The molecule has 1 aromatic heterocycles. The zero-order valence-electron chi connectivity index (χ0n) is 18.2. The largest absolute Gasteiger partial charge is 0.416 e. The Morgan fingerprint density at radius 3 is 2.56 bits per heavy atom. The average Bonchev–Trinajstić information content (AvgIpc) is 2.78. The lowest BCUT2D eigenvalue weighted by Crippen LogP contribution is -2.45. The number of pyridine rings is 1. The third-order valence-electron chi connectivity index (χ3n) is 5.69. The predicted octanol–water partition coefficient (Wildman–Crippen LogP) is 3.88. The minimum absolute atomic E-state index is 0.279. The minimum atomic E-state index is -4.43. The van der Waals surface area contributed by atoms with Gasteiger partial charge in [-0.05, 0) is 36.6 Å². The molecule has 32 heavy (non-hydrogen) atoms. The summed E-state index contributed by atoms with van der Waals surface area (Å²) in [5.74, 6) is 0.152. The molecule has 0 bridgehead atoms. The first kappa shape index (κ1) is 24.0. The van der Waals surface area contributed by atoms with Crippen LogP contribution >= 0.6 is 0 Å². The number of carbonyl (C=O) groups is 1. The van der Waals surface area contributed by atoms with E-state index in [0.717, 1.165) is 25.0 Å². The molecule has 1 saturated carbocycles. The van der Waals surface area contributed by atoms with Crippen LogP contribution in [0.15, 0.2) is 36.5 Å². The van der Waals surface area contributed by atoms with Gasteiger partial charge >= 0.3 is 6.18 Å². The highest BCUT2D eigenvalue weighted by atomic mass is 19.4. The Morgan fingerprint density at radius 2 is 1.94 bits per heavy atom. The SMILES string of the molecule is COCCN(C)c1ncc(C(=O)NC2CCCCC2O)cc1-c1ccc(C(F)(F)F)cc1. The van der Waals surface area contributed by atoms with Gasteiger partial charge < -0.3 is 20.1 Å². The standard InChI is InChI=1S/C23H28F3N3O3/c1-29(11-12-32-2)21-18(15-7-9-17(10-8-15)23(24,25)26)13-16(14-27-21)22(31)28-19-5-3-4-6-20(19)30/h7-10,13-14,19-20,30H,3-6,11-12H2,1-2H3,(H,28,31). The van der Waals surface area contributed by atoms with E-state index in [1.54, 1.807) is 20.2 Å². The zero-order chi connectivity index (χ0) is 23.3. The number of amides is 1. The highest BCUT2D eigenvalue weighted by Gasteiger charge is 2.30. The first-order valence-corrected chi connectivity index (χ1v) is 10.6. The Bertz CT molecular complexity index is 919. The fourth-order valence-corrected chi connectivity index (χ4v) is 3.80. The minimum Gasteiger partial charge on any atom is -0.391 e. The normalized spacial score (nSPS) is 18.9. The Balaban J connectivity index is 1.93. The first-order chi connectivity index (χ1) is 15.2. The molecule has 2 aromatic rings. The van der Waals surface area contributed by atoms with Crippen LogP contribution in [-0.2, 0) is 10.9 Å². The molecule has 0 saturated heterocycles. The number of hydrogen-bond acceptors (Lipinski definition) is 5. The van der Waals surface area contributed by atoms with E-state index in [2.05, 4.69) is 10.3 Å². The van der Waals surface area contributed by atoms with E-state index in [4.69, 9.17) is 4.74 Å². The number of aromatic nitrogens is 1. The van der Waals surface area contributed by atoms with Crippen molar-refractivity contribution in [2.45, 2.75) is 44.0 Å². The molecule has 1 aliphatic carbocycles. The molecule has 3 rings (SSSR count). The number of halogens is 3. The summed E-state index contributed by atoms with van der Waals surface area (Å²) in [6.45, 7) is 0.948. The summed E-state index contributed by atoms with van der Waals surface area (Å²) in [4.78, 5) is 19.1. The van der Waals surface area contributed by atoms with Gasteiger partial charge in [-0.3, -0.25) is 4.79 Å². The van der Waals surface area contributed by atoms with Gasteiger partial charge in [0.2, 0.25) is 0 Å². The van der Waals surface area contributed by atoms with Crippen LogP contribution in [0.4, 0.5) is 19.0 Å². The summed E-state index contributed by atoms with van der Waals surface area (Å²) in [5.41, 5.74) is 0.580. The third kappa shape index (κ3) is 5.77. The second-order valence-corrected chi connectivity index (χ2v) is 8.02. The van der Waals surface area contributed by atoms with Gasteiger partial charge in [0, 0.05) is 32.5 Å². The number of alkyl halides is 3. The van der Waals surface area contributed by atoms with Crippen molar-refractivity contribution in [1.29, 1.82) is 0 Å². The van der Waals surface area contributed by atoms with Crippen LogP contribution in [0.3, 0.4) is 0 Å². The number of aliphatic hydroxyl groups is 1. The van der Waals surface area contributed by atoms with E-state index in [-0.39, 0.29) is 17.5 Å². The van der Waals surface area contributed by atoms with Crippen molar-refractivity contribution in [3.8, 4) is 11.1 Å². The lowest BCUT2D eigenvalue weighted by molar-refractivity contribution is -0.137. The van der Waals surface area contributed by atoms with Crippen LogP contribution in [0, 0.1) is 0 Å². The van der Waals surface area contributed by atoms with E-state index in [9.17, 15) is 23.1 Å². The molecule has 2 unspecified atom stereocenters. The molecule has 1 heterocycles. The van der Waals surface area contributed by atoms with Crippen molar-refractivity contribution in [1.82, 2.24) is 10.3 Å². The maximum absolute atomic E-state index is 13.0. The second-order valence-electron chi connectivity index (χ2n) is 8.02. The number of nitrogens with one attached hydrogen (secondary N) is 1. The van der Waals surface area contributed by atoms with E-state index in [0.29, 0.717) is 42.9 Å². The maximum Gasteiger partial charge on any atom is 0.416 e. The molecule has 174 valence electrons.